The molecule has 1 aromatic rings. The highest BCUT2D eigenvalue weighted by molar-refractivity contribution is 6.71. The molecule has 2 fully saturated rings. The number of ether oxygens (including phenoxy) is 2. The van der Waals surface area contributed by atoms with Gasteiger partial charge in [0.2, 0.25) is 5.91 Å². The van der Waals surface area contributed by atoms with E-state index in [0.29, 0.717) is 23.5 Å². The predicted molar refractivity (Wildman–Crippen MR) is 117 cm³/mol. The van der Waals surface area contributed by atoms with Crippen molar-refractivity contribution in [2.24, 2.45) is 5.92 Å². The van der Waals surface area contributed by atoms with Crippen molar-refractivity contribution >= 4 is 25.8 Å². The van der Waals surface area contributed by atoms with Crippen LogP contribution in [0.15, 0.2) is 18.2 Å². The Balaban J connectivity index is 1.70. The van der Waals surface area contributed by atoms with Crippen LogP contribution in [0.1, 0.15) is 31.7 Å². The summed E-state index contributed by atoms with van der Waals surface area (Å²) in [6, 6.07) is 5.21. The number of methoxy groups -OCH3 is 1. The van der Waals surface area contributed by atoms with E-state index in [1.807, 2.05) is 20.0 Å². The second-order valence-electron chi connectivity index (χ2n) is 9.50. The van der Waals surface area contributed by atoms with E-state index < -0.39 is 20.0 Å². The smallest absolute Gasteiger partial charge is 0.261 e. The van der Waals surface area contributed by atoms with Gasteiger partial charge in [0.1, 0.15) is 5.75 Å². The van der Waals surface area contributed by atoms with Gasteiger partial charge in [0, 0.05) is 29.3 Å². The van der Waals surface area contributed by atoms with Crippen LogP contribution in [0.3, 0.4) is 0 Å². The van der Waals surface area contributed by atoms with Gasteiger partial charge in [-0.2, -0.15) is 0 Å². The molecule has 9 heteroatoms. The molecular weight excluding hydrogens is 416 g/mol. The van der Waals surface area contributed by atoms with Gasteiger partial charge in [-0.3, -0.25) is 9.59 Å². The highest BCUT2D eigenvalue weighted by Crippen LogP contribution is 2.58. The number of benzene rings is 1. The van der Waals surface area contributed by atoms with Crippen molar-refractivity contribution < 1.29 is 29.0 Å². The number of fused-ring (bicyclic) bond motifs is 2. The summed E-state index contributed by atoms with van der Waals surface area (Å²) in [7, 11) is -1.24. The summed E-state index contributed by atoms with van der Waals surface area (Å²) < 4.78 is 11.9. The Kier molecular flexibility index (Phi) is 5.66. The lowest BCUT2D eigenvalue weighted by Gasteiger charge is -2.32. The molecule has 0 saturated carbocycles. The molecule has 0 aromatic heterocycles. The van der Waals surface area contributed by atoms with Crippen LogP contribution in [-0.4, -0.2) is 67.3 Å². The maximum Gasteiger partial charge on any atom is 0.261 e. The SMILES string of the molecule is COc1ccc2c(c1)[C@]1(O[C@@H](CC(=O)N3CCC[C@H]3CO)[C@H]([Si](C)(C)O)[C@H]1C)C(=O)N2. The number of rotatable bonds is 5. The zero-order valence-electron chi connectivity index (χ0n) is 18.6. The molecule has 0 aliphatic carbocycles. The fraction of sp³-hybridized carbons (Fsp3) is 0.636. The lowest BCUT2D eigenvalue weighted by atomic mass is 9.82. The molecule has 2 amide bonds. The topological polar surface area (TPSA) is 108 Å². The Bertz CT molecular complexity index is 887. The van der Waals surface area contributed by atoms with Gasteiger partial charge in [0.05, 0.1) is 32.3 Å². The summed E-state index contributed by atoms with van der Waals surface area (Å²) in [4.78, 5) is 39.2. The molecule has 0 unspecified atom stereocenters. The minimum atomic E-state index is -2.80. The maximum absolute atomic E-state index is 13.3. The average molecular weight is 449 g/mol. The number of carbonyl (C=O) groups is 2. The number of aliphatic hydroxyl groups excluding tert-OH is 1. The average Bonchev–Trinajstić information content (AvgIpc) is 3.37. The number of aliphatic hydroxyl groups is 1. The Morgan fingerprint density at radius 2 is 2.16 bits per heavy atom. The first-order valence-corrected chi connectivity index (χ1v) is 14.0. The number of nitrogens with one attached hydrogen (secondary N) is 1. The number of likely N-dealkylation sites (tertiary alicyclic amines) is 1. The molecule has 3 aliphatic rings. The molecule has 5 atom stereocenters. The van der Waals surface area contributed by atoms with Crippen molar-refractivity contribution in [3.8, 4) is 5.75 Å². The van der Waals surface area contributed by atoms with E-state index >= 15 is 0 Å². The number of hydrogen-bond donors (Lipinski definition) is 3. The third kappa shape index (κ3) is 3.47. The van der Waals surface area contributed by atoms with E-state index in [0.717, 1.165) is 12.8 Å². The van der Waals surface area contributed by atoms with Crippen molar-refractivity contribution in [1.82, 2.24) is 4.90 Å². The summed E-state index contributed by atoms with van der Waals surface area (Å²) in [6.07, 6.45) is 1.14. The highest BCUT2D eigenvalue weighted by Gasteiger charge is 2.65. The van der Waals surface area contributed by atoms with E-state index in [-0.39, 0.29) is 42.3 Å². The van der Waals surface area contributed by atoms with E-state index in [1.165, 1.54) is 0 Å². The van der Waals surface area contributed by atoms with Crippen LogP contribution in [0.5, 0.6) is 5.75 Å². The van der Waals surface area contributed by atoms with Gasteiger partial charge in [-0.05, 0) is 44.1 Å². The standard InChI is InChI=1S/C22H32N2O6Si/c1-13-20(31(3,4)28)18(11-19(26)24-9-5-6-14(24)12-25)30-22(13)16-10-15(29-2)7-8-17(16)23-21(22)27/h7-8,10,13-14,18,20,25,28H,5-6,9,11-12H2,1-4H3,(H,23,27)/t13-,14+,18+,20-,22+/m1/s1. The molecule has 3 heterocycles. The number of anilines is 1. The van der Waals surface area contributed by atoms with Gasteiger partial charge >= 0.3 is 0 Å². The molecule has 0 radical (unpaired) electrons. The van der Waals surface area contributed by atoms with Crippen LogP contribution in [-0.2, 0) is 19.9 Å². The van der Waals surface area contributed by atoms with Gasteiger partial charge < -0.3 is 29.6 Å². The van der Waals surface area contributed by atoms with E-state index in [1.54, 1.807) is 30.2 Å². The molecule has 3 aliphatic heterocycles. The molecule has 170 valence electrons. The summed E-state index contributed by atoms with van der Waals surface area (Å²) in [5.74, 6) is -0.0726. The van der Waals surface area contributed by atoms with Crippen LogP contribution < -0.4 is 10.1 Å². The second kappa shape index (κ2) is 7.88. The lowest BCUT2D eigenvalue weighted by Crippen LogP contribution is -2.44. The van der Waals surface area contributed by atoms with Crippen LogP contribution in [0.4, 0.5) is 5.69 Å². The van der Waals surface area contributed by atoms with Gasteiger partial charge in [-0.1, -0.05) is 6.92 Å². The van der Waals surface area contributed by atoms with Crippen molar-refractivity contribution in [2.75, 3.05) is 25.6 Å². The molecule has 1 aromatic carbocycles. The van der Waals surface area contributed by atoms with Crippen LogP contribution in [0.2, 0.25) is 18.6 Å². The van der Waals surface area contributed by atoms with E-state index in [9.17, 15) is 19.5 Å². The van der Waals surface area contributed by atoms with Crippen molar-refractivity contribution in [2.45, 2.75) is 62.6 Å². The fourth-order valence-electron chi connectivity index (χ4n) is 5.85. The third-order valence-electron chi connectivity index (χ3n) is 7.23. The fourth-order valence-corrected chi connectivity index (χ4v) is 8.40. The van der Waals surface area contributed by atoms with Crippen LogP contribution in [0, 0.1) is 5.92 Å². The van der Waals surface area contributed by atoms with Gasteiger partial charge in [-0.25, -0.2) is 0 Å². The van der Waals surface area contributed by atoms with Gasteiger partial charge in [0.25, 0.3) is 5.91 Å². The summed E-state index contributed by atoms with van der Waals surface area (Å²) in [6.45, 7) is 6.15. The lowest BCUT2D eigenvalue weighted by molar-refractivity contribution is -0.148. The molecule has 8 nitrogen and oxygen atoms in total. The number of nitrogens with zero attached hydrogens (tertiary/aromatic N) is 1. The normalized spacial score (nSPS) is 32.5. The van der Waals surface area contributed by atoms with Crippen LogP contribution in [0.25, 0.3) is 0 Å². The molecule has 3 N–H and O–H groups in total. The summed E-state index contributed by atoms with van der Waals surface area (Å²) in [5.41, 5.74) is -0.222. The first kappa shape index (κ1) is 22.3. The quantitative estimate of drug-likeness (QED) is 0.593. The van der Waals surface area contributed by atoms with Gasteiger partial charge in [-0.15, -0.1) is 0 Å². The molecule has 4 rings (SSSR count). The Morgan fingerprint density at radius 3 is 2.81 bits per heavy atom. The molecule has 2 saturated heterocycles. The molecular formula is C22H32N2O6Si. The van der Waals surface area contributed by atoms with Crippen molar-refractivity contribution in [3.63, 3.8) is 0 Å². The summed E-state index contributed by atoms with van der Waals surface area (Å²) >= 11 is 0. The number of hydrogen-bond acceptors (Lipinski definition) is 6. The van der Waals surface area contributed by atoms with E-state index in [2.05, 4.69) is 5.32 Å². The van der Waals surface area contributed by atoms with Crippen LogP contribution >= 0.6 is 0 Å². The number of carbonyl (C=O) groups excluding carboxylic acids is 2. The minimum absolute atomic E-state index is 0.0587. The minimum Gasteiger partial charge on any atom is -0.497 e. The van der Waals surface area contributed by atoms with Gasteiger partial charge in [0.15, 0.2) is 13.9 Å². The first-order valence-electron chi connectivity index (χ1n) is 10.9. The Labute approximate surface area is 183 Å². The van der Waals surface area contributed by atoms with E-state index in [4.69, 9.17) is 9.47 Å². The largest absolute Gasteiger partial charge is 0.497 e. The second-order valence-corrected chi connectivity index (χ2v) is 13.5. The first-order chi connectivity index (χ1) is 14.6. The Morgan fingerprint density at radius 1 is 1.42 bits per heavy atom. The van der Waals surface area contributed by atoms with Crippen molar-refractivity contribution in [1.29, 1.82) is 0 Å². The zero-order chi connectivity index (χ0) is 22.6. The number of amides is 2. The zero-order valence-corrected chi connectivity index (χ0v) is 19.6. The monoisotopic (exact) mass is 448 g/mol. The maximum atomic E-state index is 13.3. The van der Waals surface area contributed by atoms with Crippen molar-refractivity contribution in [3.05, 3.63) is 23.8 Å². The molecule has 0 bridgehead atoms. The molecule has 31 heavy (non-hydrogen) atoms. The predicted octanol–water partition coefficient (Wildman–Crippen LogP) is 1.82. The third-order valence-corrected chi connectivity index (χ3v) is 9.73. The highest BCUT2D eigenvalue weighted by atomic mass is 28.4. The molecule has 1 spiro atoms. The summed E-state index contributed by atoms with van der Waals surface area (Å²) in [5, 5.41) is 12.5. The Hall–Kier alpha value is -1.94.